The van der Waals surface area contributed by atoms with Gasteiger partial charge in [-0.2, -0.15) is 10.2 Å². The zero-order valence-electron chi connectivity index (χ0n) is 19.3. The van der Waals surface area contributed by atoms with Crippen molar-refractivity contribution < 1.29 is 8.78 Å². The fourth-order valence-corrected chi connectivity index (χ4v) is 4.84. The normalized spacial score (nSPS) is 19.0. The van der Waals surface area contributed by atoms with Crippen molar-refractivity contribution in [2.45, 2.75) is 97.3 Å². The molecule has 0 saturated heterocycles. The standard InChI is InChI=1S/C27H38F2N2/c1-3-5-7-9-22-15-18-24(27(29)26(22)28)25-19-17-23(30-31-25)16-14-21-12-10-20(11-13-21)8-6-4-2/h15,17-21H,3-14,16H2,1-2H3. The zero-order valence-corrected chi connectivity index (χ0v) is 19.3. The Hall–Kier alpha value is -1.84. The van der Waals surface area contributed by atoms with Crippen LogP contribution >= 0.6 is 0 Å². The van der Waals surface area contributed by atoms with Crippen LogP contribution in [0.15, 0.2) is 24.3 Å². The third-order valence-electron chi connectivity index (χ3n) is 6.95. The van der Waals surface area contributed by atoms with E-state index >= 15 is 0 Å². The number of aryl methyl sites for hydroxylation is 2. The number of rotatable bonds is 11. The topological polar surface area (TPSA) is 25.8 Å². The lowest BCUT2D eigenvalue weighted by molar-refractivity contribution is 0.249. The molecule has 0 N–H and O–H groups in total. The molecule has 31 heavy (non-hydrogen) atoms. The molecule has 3 rings (SSSR count). The maximum absolute atomic E-state index is 14.6. The monoisotopic (exact) mass is 428 g/mol. The van der Waals surface area contributed by atoms with Gasteiger partial charge in [0.15, 0.2) is 11.6 Å². The average molecular weight is 429 g/mol. The van der Waals surface area contributed by atoms with E-state index in [2.05, 4.69) is 24.0 Å². The van der Waals surface area contributed by atoms with Gasteiger partial charge in [-0.1, -0.05) is 77.7 Å². The van der Waals surface area contributed by atoms with Crippen LogP contribution in [0.5, 0.6) is 0 Å². The molecule has 1 saturated carbocycles. The van der Waals surface area contributed by atoms with Crippen LogP contribution in [0, 0.1) is 23.5 Å². The van der Waals surface area contributed by atoms with Gasteiger partial charge in [0.2, 0.25) is 0 Å². The first-order valence-corrected chi connectivity index (χ1v) is 12.4. The fourth-order valence-electron chi connectivity index (χ4n) is 4.84. The van der Waals surface area contributed by atoms with E-state index in [1.54, 1.807) is 18.2 Å². The Balaban J connectivity index is 1.53. The molecule has 1 aliphatic rings. The quantitative estimate of drug-likeness (QED) is 0.338. The van der Waals surface area contributed by atoms with Gasteiger partial charge in [0.05, 0.1) is 11.4 Å². The van der Waals surface area contributed by atoms with Crippen LogP contribution in [-0.2, 0) is 12.8 Å². The summed E-state index contributed by atoms with van der Waals surface area (Å²) in [5.74, 6) is 0.166. The van der Waals surface area contributed by atoms with Crippen LogP contribution in [0.2, 0.25) is 0 Å². The number of benzene rings is 1. The molecule has 1 heterocycles. The van der Waals surface area contributed by atoms with Crippen LogP contribution in [0.4, 0.5) is 8.78 Å². The summed E-state index contributed by atoms with van der Waals surface area (Å²) in [6.45, 7) is 4.37. The van der Waals surface area contributed by atoms with E-state index in [4.69, 9.17) is 0 Å². The Morgan fingerprint density at radius 1 is 0.742 bits per heavy atom. The summed E-state index contributed by atoms with van der Waals surface area (Å²) in [6, 6.07) is 7.02. The summed E-state index contributed by atoms with van der Waals surface area (Å²) in [4.78, 5) is 0. The van der Waals surface area contributed by atoms with Crippen LogP contribution < -0.4 is 0 Å². The van der Waals surface area contributed by atoms with Gasteiger partial charge < -0.3 is 0 Å². The fraction of sp³-hybridized carbons (Fsp3) is 0.630. The number of hydrogen-bond donors (Lipinski definition) is 0. The Labute approximate surface area is 186 Å². The zero-order chi connectivity index (χ0) is 22.1. The summed E-state index contributed by atoms with van der Waals surface area (Å²) in [5.41, 5.74) is 1.98. The molecular weight excluding hydrogens is 390 g/mol. The second-order valence-corrected chi connectivity index (χ2v) is 9.33. The van der Waals surface area contributed by atoms with E-state index < -0.39 is 11.6 Å². The summed E-state index contributed by atoms with van der Waals surface area (Å²) in [5, 5.41) is 8.52. The Bertz CT molecular complexity index is 796. The summed E-state index contributed by atoms with van der Waals surface area (Å²) >= 11 is 0. The van der Waals surface area contributed by atoms with Crippen LogP contribution in [0.25, 0.3) is 11.3 Å². The summed E-state index contributed by atoms with van der Waals surface area (Å²) in [7, 11) is 0. The first-order chi connectivity index (χ1) is 15.1. The lowest BCUT2D eigenvalue weighted by atomic mass is 9.78. The first-order valence-electron chi connectivity index (χ1n) is 12.4. The maximum Gasteiger partial charge on any atom is 0.168 e. The van der Waals surface area contributed by atoms with Gasteiger partial charge in [0.1, 0.15) is 0 Å². The van der Waals surface area contributed by atoms with Crippen molar-refractivity contribution in [3.63, 3.8) is 0 Å². The van der Waals surface area contributed by atoms with E-state index in [9.17, 15) is 8.78 Å². The van der Waals surface area contributed by atoms with E-state index in [0.29, 0.717) is 17.7 Å². The minimum atomic E-state index is -0.809. The van der Waals surface area contributed by atoms with Gasteiger partial charge >= 0.3 is 0 Å². The smallest absolute Gasteiger partial charge is 0.168 e. The van der Waals surface area contributed by atoms with Crippen LogP contribution in [0.1, 0.15) is 95.7 Å². The van der Waals surface area contributed by atoms with Gasteiger partial charge in [-0.05, 0) is 61.3 Å². The summed E-state index contributed by atoms with van der Waals surface area (Å²) in [6.07, 6.45) is 15.0. The van der Waals surface area contributed by atoms with Crippen LogP contribution in [-0.4, -0.2) is 10.2 Å². The van der Waals surface area contributed by atoms with E-state index in [-0.39, 0.29) is 5.56 Å². The number of aromatic nitrogens is 2. The lowest BCUT2D eigenvalue weighted by Crippen LogP contribution is -2.15. The average Bonchev–Trinajstić information content (AvgIpc) is 2.80. The molecule has 170 valence electrons. The van der Waals surface area contributed by atoms with Crippen molar-refractivity contribution in [3.8, 4) is 11.3 Å². The highest BCUT2D eigenvalue weighted by Crippen LogP contribution is 2.34. The molecule has 0 amide bonds. The molecule has 0 atom stereocenters. The van der Waals surface area contributed by atoms with E-state index in [1.807, 2.05) is 6.07 Å². The highest BCUT2D eigenvalue weighted by Gasteiger charge is 2.21. The molecule has 4 heteroatoms. The second-order valence-electron chi connectivity index (χ2n) is 9.33. The highest BCUT2D eigenvalue weighted by atomic mass is 19.2. The number of halogens is 2. The Kier molecular flexibility index (Phi) is 9.42. The van der Waals surface area contributed by atoms with E-state index in [0.717, 1.165) is 49.6 Å². The first kappa shape index (κ1) is 23.8. The van der Waals surface area contributed by atoms with Gasteiger partial charge in [-0.25, -0.2) is 8.78 Å². The molecule has 2 nitrogen and oxygen atoms in total. The third-order valence-corrected chi connectivity index (χ3v) is 6.95. The molecular formula is C27H38F2N2. The molecule has 0 spiro atoms. The van der Waals surface area contributed by atoms with Crippen molar-refractivity contribution in [1.29, 1.82) is 0 Å². The molecule has 0 radical (unpaired) electrons. The minimum Gasteiger partial charge on any atom is -0.203 e. The predicted octanol–water partition coefficient (Wildman–Crippen LogP) is 8.08. The van der Waals surface area contributed by atoms with Crippen molar-refractivity contribution in [3.05, 3.63) is 47.2 Å². The molecule has 1 fully saturated rings. The molecule has 2 aromatic rings. The van der Waals surface area contributed by atoms with Gasteiger partial charge in [-0.15, -0.1) is 0 Å². The lowest BCUT2D eigenvalue weighted by Gasteiger charge is -2.28. The Morgan fingerprint density at radius 3 is 2.10 bits per heavy atom. The molecule has 0 bridgehead atoms. The molecule has 1 aliphatic carbocycles. The van der Waals surface area contributed by atoms with Gasteiger partial charge in [0.25, 0.3) is 0 Å². The van der Waals surface area contributed by atoms with Crippen molar-refractivity contribution in [2.24, 2.45) is 11.8 Å². The van der Waals surface area contributed by atoms with Crippen molar-refractivity contribution >= 4 is 0 Å². The largest absolute Gasteiger partial charge is 0.203 e. The Morgan fingerprint density at radius 2 is 1.45 bits per heavy atom. The predicted molar refractivity (Wildman–Crippen MR) is 124 cm³/mol. The van der Waals surface area contributed by atoms with Crippen molar-refractivity contribution in [1.82, 2.24) is 10.2 Å². The number of hydrogen-bond acceptors (Lipinski definition) is 2. The molecule has 1 aromatic carbocycles. The minimum absolute atomic E-state index is 0.196. The molecule has 0 unspecified atom stereocenters. The van der Waals surface area contributed by atoms with Gasteiger partial charge in [0, 0.05) is 5.56 Å². The van der Waals surface area contributed by atoms with E-state index in [1.165, 1.54) is 44.9 Å². The second kappa shape index (κ2) is 12.3. The number of nitrogens with zero attached hydrogens (tertiary/aromatic N) is 2. The SMILES string of the molecule is CCCCCc1ccc(-c2ccc(CCC3CCC(CCCC)CC3)nn2)c(F)c1F. The van der Waals surface area contributed by atoms with Crippen molar-refractivity contribution in [2.75, 3.05) is 0 Å². The number of unbranched alkanes of at least 4 members (excludes halogenated alkanes) is 3. The maximum atomic E-state index is 14.6. The highest BCUT2D eigenvalue weighted by molar-refractivity contribution is 5.60. The summed E-state index contributed by atoms with van der Waals surface area (Å²) < 4.78 is 29.1. The molecule has 1 aromatic heterocycles. The van der Waals surface area contributed by atoms with Crippen LogP contribution in [0.3, 0.4) is 0 Å². The molecule has 0 aliphatic heterocycles. The third kappa shape index (κ3) is 6.82. The van der Waals surface area contributed by atoms with Gasteiger partial charge in [-0.3, -0.25) is 0 Å².